The Balaban J connectivity index is 1.49. The van der Waals surface area contributed by atoms with Crippen LogP contribution in [-0.2, 0) is 26.9 Å². The number of esters is 1. The number of carbonyl (C=O) groups is 1. The molecular formula is C34H39FN2O5S. The second kappa shape index (κ2) is 12.6. The third-order valence-electron chi connectivity index (χ3n) is 8.25. The van der Waals surface area contributed by atoms with Gasteiger partial charge in [-0.25, -0.2) is 13.6 Å². The molecule has 2 aromatic carbocycles. The topological polar surface area (TPSA) is 87.1 Å². The average Bonchev–Trinajstić information content (AvgIpc) is 3.84. The van der Waals surface area contributed by atoms with Gasteiger partial charge in [-0.05, 0) is 92.7 Å². The third-order valence-corrected chi connectivity index (χ3v) is 9.60. The Morgan fingerprint density at radius 3 is 2.56 bits per heavy atom. The number of carbonyl (C=O) groups excluding carboxylic acids is 1. The van der Waals surface area contributed by atoms with Crippen LogP contribution in [0.1, 0.15) is 81.2 Å². The van der Waals surface area contributed by atoms with E-state index < -0.39 is 21.5 Å². The first-order valence-corrected chi connectivity index (χ1v) is 15.8. The van der Waals surface area contributed by atoms with E-state index in [2.05, 4.69) is 27.6 Å². The van der Waals surface area contributed by atoms with E-state index in [4.69, 9.17) is 14.2 Å². The normalized spacial score (nSPS) is 18.8. The predicted molar refractivity (Wildman–Crippen MR) is 166 cm³/mol. The summed E-state index contributed by atoms with van der Waals surface area (Å²) in [6, 6.07) is 13.6. The Labute approximate surface area is 255 Å². The number of nitrogens with zero attached hydrogens (tertiary/aromatic N) is 2. The molecule has 7 nitrogen and oxygen atoms in total. The molecule has 9 heteroatoms. The van der Waals surface area contributed by atoms with Gasteiger partial charge in [-0.1, -0.05) is 31.2 Å². The van der Waals surface area contributed by atoms with Crippen molar-refractivity contribution in [1.82, 2.24) is 4.98 Å². The van der Waals surface area contributed by atoms with Gasteiger partial charge in [0.15, 0.2) is 0 Å². The number of halogens is 1. The number of aryl methyl sites for hydroxylation is 1. The zero-order valence-corrected chi connectivity index (χ0v) is 26.4. The van der Waals surface area contributed by atoms with Crippen LogP contribution < -0.4 is 9.47 Å². The number of rotatable bonds is 9. The SMILES string of the molecule is COC(=O)[C@@H](C)[C@H](c1ccc2c(c1)O[C@@H](c1ccc(-c3cc(OC)ncc3F)c(C=N[S@@](=O)C(C)(C)C)c1)CC2)C1CC1. The van der Waals surface area contributed by atoms with E-state index in [0.29, 0.717) is 22.6 Å². The highest BCUT2D eigenvalue weighted by Crippen LogP contribution is 2.48. The average molecular weight is 607 g/mol. The fourth-order valence-corrected chi connectivity index (χ4v) is 6.24. The van der Waals surface area contributed by atoms with E-state index >= 15 is 0 Å². The number of hydrogen-bond acceptors (Lipinski definition) is 6. The van der Waals surface area contributed by atoms with Gasteiger partial charge in [0.25, 0.3) is 0 Å². The van der Waals surface area contributed by atoms with Gasteiger partial charge in [0, 0.05) is 23.4 Å². The fraction of sp³-hybridized carbons (Fsp3) is 0.441. The molecule has 1 aliphatic heterocycles. The third kappa shape index (κ3) is 6.82. The number of methoxy groups -OCH3 is 2. The molecular weight excluding hydrogens is 567 g/mol. The van der Waals surface area contributed by atoms with Crippen LogP contribution in [0, 0.1) is 17.7 Å². The molecule has 0 bridgehead atoms. The van der Waals surface area contributed by atoms with Crippen LogP contribution in [0.3, 0.4) is 0 Å². The minimum Gasteiger partial charge on any atom is -0.485 e. The molecule has 1 aromatic heterocycles. The van der Waals surface area contributed by atoms with Crippen LogP contribution in [0.25, 0.3) is 11.1 Å². The predicted octanol–water partition coefficient (Wildman–Crippen LogP) is 7.15. The van der Waals surface area contributed by atoms with E-state index in [0.717, 1.165) is 54.3 Å². The van der Waals surface area contributed by atoms with Crippen molar-refractivity contribution in [2.45, 2.75) is 70.1 Å². The molecule has 2 aliphatic rings. The lowest BCUT2D eigenvalue weighted by atomic mass is 9.82. The second-order valence-corrected chi connectivity index (χ2v) is 14.3. The molecule has 43 heavy (non-hydrogen) atoms. The lowest BCUT2D eigenvalue weighted by molar-refractivity contribution is -0.145. The van der Waals surface area contributed by atoms with E-state index in [1.807, 2.05) is 45.9 Å². The standard InChI is InChI=1S/C34H39FN2O5S/c1-20(33(38)41-6)32(22-8-9-22)24-10-7-21-12-14-29(42-30(21)16-24)23-11-13-26(27-17-31(40-5)36-19-28(27)35)25(15-23)18-37-43(39)34(2,3)4/h7,10-11,13,15-20,22,29,32H,8-9,12,14H2,1-6H3/t20-,29+,32-,43-/m0/s1. The van der Waals surface area contributed by atoms with Crippen molar-refractivity contribution >= 4 is 23.2 Å². The number of fused-ring (bicyclic) bond motifs is 1. The van der Waals surface area contributed by atoms with E-state index in [1.54, 1.807) is 12.3 Å². The highest BCUT2D eigenvalue weighted by Gasteiger charge is 2.39. The maximum atomic E-state index is 15.0. The first-order valence-electron chi connectivity index (χ1n) is 14.7. The van der Waals surface area contributed by atoms with Crippen LogP contribution in [0.5, 0.6) is 11.6 Å². The minimum atomic E-state index is -1.49. The van der Waals surface area contributed by atoms with E-state index in [9.17, 15) is 13.4 Å². The molecule has 5 rings (SSSR count). The molecule has 0 saturated heterocycles. The number of pyridine rings is 1. The minimum absolute atomic E-state index is 0.0831. The van der Waals surface area contributed by atoms with Gasteiger partial charge in [0.05, 0.1) is 31.1 Å². The van der Waals surface area contributed by atoms with Crippen LogP contribution in [0.4, 0.5) is 4.39 Å². The van der Waals surface area contributed by atoms with Crippen molar-refractivity contribution in [3.05, 3.63) is 76.7 Å². The van der Waals surface area contributed by atoms with Gasteiger partial charge >= 0.3 is 5.97 Å². The maximum Gasteiger partial charge on any atom is 0.309 e. The van der Waals surface area contributed by atoms with Crippen molar-refractivity contribution in [1.29, 1.82) is 0 Å². The zero-order valence-electron chi connectivity index (χ0n) is 25.6. The number of aromatic nitrogens is 1. The molecule has 1 saturated carbocycles. The molecule has 4 atom stereocenters. The quantitative estimate of drug-likeness (QED) is 0.190. The summed E-state index contributed by atoms with van der Waals surface area (Å²) >= 11 is 0. The van der Waals surface area contributed by atoms with Gasteiger partial charge in [-0.15, -0.1) is 0 Å². The number of hydrogen-bond donors (Lipinski definition) is 0. The Hall–Kier alpha value is -3.59. The molecule has 1 fully saturated rings. The fourth-order valence-electron chi connectivity index (χ4n) is 5.72. The molecule has 0 radical (unpaired) electrons. The van der Waals surface area contributed by atoms with Crippen molar-refractivity contribution in [2.24, 2.45) is 16.2 Å². The monoisotopic (exact) mass is 606 g/mol. The zero-order chi connectivity index (χ0) is 30.9. The highest BCUT2D eigenvalue weighted by molar-refractivity contribution is 7.85. The number of ether oxygens (including phenoxy) is 3. The first-order chi connectivity index (χ1) is 20.5. The molecule has 3 aromatic rings. The summed E-state index contributed by atoms with van der Waals surface area (Å²) in [5.74, 6) is 0.715. The smallest absolute Gasteiger partial charge is 0.309 e. The summed E-state index contributed by atoms with van der Waals surface area (Å²) < 4.78 is 48.5. The Kier molecular flexibility index (Phi) is 9.02. The van der Waals surface area contributed by atoms with Crippen LogP contribution in [0.15, 0.2) is 53.1 Å². The van der Waals surface area contributed by atoms with Crippen LogP contribution >= 0.6 is 0 Å². The van der Waals surface area contributed by atoms with Crippen LogP contribution in [0.2, 0.25) is 0 Å². The van der Waals surface area contributed by atoms with Crippen molar-refractivity contribution in [3.63, 3.8) is 0 Å². The molecule has 2 heterocycles. The Morgan fingerprint density at radius 1 is 1.12 bits per heavy atom. The number of benzene rings is 2. The Bertz CT molecular complexity index is 1560. The molecule has 0 N–H and O–H groups in total. The maximum absolute atomic E-state index is 15.0. The molecule has 0 spiro atoms. The molecule has 1 aliphatic carbocycles. The molecule has 228 valence electrons. The van der Waals surface area contributed by atoms with E-state index in [-0.39, 0.29) is 29.8 Å². The van der Waals surface area contributed by atoms with Crippen LogP contribution in [-0.4, -0.2) is 40.3 Å². The molecule has 0 amide bonds. The van der Waals surface area contributed by atoms with Gasteiger partial charge in [0.2, 0.25) is 5.88 Å². The largest absolute Gasteiger partial charge is 0.485 e. The van der Waals surface area contributed by atoms with Gasteiger partial charge < -0.3 is 14.2 Å². The summed E-state index contributed by atoms with van der Waals surface area (Å²) in [6.45, 7) is 7.50. The summed E-state index contributed by atoms with van der Waals surface area (Å²) in [5.41, 5.74) is 4.64. The summed E-state index contributed by atoms with van der Waals surface area (Å²) in [7, 11) is 1.42. The lowest BCUT2D eigenvalue weighted by Gasteiger charge is -2.29. The molecule has 0 unspecified atom stereocenters. The summed E-state index contributed by atoms with van der Waals surface area (Å²) in [5, 5.41) is 0. The lowest BCUT2D eigenvalue weighted by Crippen LogP contribution is -2.23. The van der Waals surface area contributed by atoms with Gasteiger partial charge in [-0.2, -0.15) is 4.40 Å². The summed E-state index contributed by atoms with van der Waals surface area (Å²) in [4.78, 5) is 16.4. The highest BCUT2D eigenvalue weighted by atomic mass is 32.2. The van der Waals surface area contributed by atoms with Gasteiger partial charge in [-0.3, -0.25) is 4.79 Å². The van der Waals surface area contributed by atoms with Crippen molar-refractivity contribution in [3.8, 4) is 22.8 Å². The summed E-state index contributed by atoms with van der Waals surface area (Å²) in [6.07, 6.45) is 6.24. The Morgan fingerprint density at radius 2 is 1.88 bits per heavy atom. The second-order valence-electron chi connectivity index (χ2n) is 12.3. The first kappa shape index (κ1) is 30.9. The van der Waals surface area contributed by atoms with Crippen molar-refractivity contribution < 1.29 is 27.6 Å². The van der Waals surface area contributed by atoms with Crippen molar-refractivity contribution in [2.75, 3.05) is 14.2 Å². The van der Waals surface area contributed by atoms with Gasteiger partial charge in [0.1, 0.15) is 28.7 Å². The van der Waals surface area contributed by atoms with E-state index in [1.165, 1.54) is 14.2 Å².